The summed E-state index contributed by atoms with van der Waals surface area (Å²) in [6.45, 7) is 11.4. The van der Waals surface area contributed by atoms with Gasteiger partial charge in [0.05, 0.1) is 0 Å². The third-order valence-corrected chi connectivity index (χ3v) is 5.36. The van der Waals surface area contributed by atoms with E-state index < -0.39 is 0 Å². The first kappa shape index (κ1) is 17.5. The summed E-state index contributed by atoms with van der Waals surface area (Å²) in [5.74, 6) is 0. The fourth-order valence-corrected chi connectivity index (χ4v) is 4.31. The van der Waals surface area contributed by atoms with Gasteiger partial charge in [-0.05, 0) is 47.6 Å². The van der Waals surface area contributed by atoms with Gasteiger partial charge in [-0.2, -0.15) is 0 Å². The second kappa shape index (κ2) is 7.74. The molecule has 1 aliphatic carbocycles. The van der Waals surface area contributed by atoms with Gasteiger partial charge in [0.25, 0.3) is 0 Å². The molecule has 1 heteroatoms. The summed E-state index contributed by atoms with van der Waals surface area (Å²) in [6.07, 6.45) is 9.70. The molecule has 0 saturated carbocycles. The van der Waals surface area contributed by atoms with Gasteiger partial charge in [0.15, 0.2) is 0 Å². The molecule has 130 valence electrons. The average Bonchev–Trinajstić information content (AvgIpc) is 2.91. The van der Waals surface area contributed by atoms with Gasteiger partial charge >= 0.3 is 0 Å². The number of unbranched alkanes of at least 4 members (excludes halogenated alkanes) is 2. The van der Waals surface area contributed by atoms with E-state index in [4.69, 9.17) is 0 Å². The Kier molecular flexibility index (Phi) is 5.43. The summed E-state index contributed by atoms with van der Waals surface area (Å²) < 4.78 is 0. The van der Waals surface area contributed by atoms with Crippen LogP contribution in [-0.2, 0) is 5.41 Å². The normalized spacial score (nSPS) is 13.8. The highest BCUT2D eigenvalue weighted by Gasteiger charge is 2.42. The fraction of sp³-hybridized carbons (Fsp3) is 0.333. The first-order valence-corrected chi connectivity index (χ1v) is 9.47. The van der Waals surface area contributed by atoms with Crippen molar-refractivity contribution in [2.45, 2.75) is 44.4 Å². The molecule has 0 unspecified atom stereocenters. The summed E-state index contributed by atoms with van der Waals surface area (Å²) in [6, 6.07) is 15.5. The van der Waals surface area contributed by atoms with Crippen LogP contribution in [0.15, 0.2) is 67.8 Å². The molecule has 0 spiro atoms. The molecule has 3 rings (SSSR count). The minimum atomic E-state index is -0.0518. The first-order valence-electron chi connectivity index (χ1n) is 9.47. The standard InChI is InChI=1S/C24H29N/c1-4-7-10-18-25-22-15-11-13-20-19-12-8-9-14-21(19)24(16-5-2,17-6-3)23(20)22/h5-6,8-9,11-15,25H,2-4,7,10,16-18H2,1H3. The summed E-state index contributed by atoms with van der Waals surface area (Å²) in [7, 11) is 0. The second-order valence-electron chi connectivity index (χ2n) is 6.98. The molecule has 0 radical (unpaired) electrons. The highest BCUT2D eigenvalue weighted by Crippen LogP contribution is 2.55. The minimum absolute atomic E-state index is 0.0518. The molecule has 0 bridgehead atoms. The van der Waals surface area contributed by atoms with Gasteiger partial charge < -0.3 is 5.32 Å². The van der Waals surface area contributed by atoms with Crippen molar-refractivity contribution >= 4 is 5.69 Å². The number of nitrogens with one attached hydrogen (secondary N) is 1. The molecule has 0 aliphatic heterocycles. The largest absolute Gasteiger partial charge is 0.385 e. The molecular weight excluding hydrogens is 302 g/mol. The number of allylic oxidation sites excluding steroid dienone is 2. The first-order chi connectivity index (χ1) is 12.3. The molecule has 1 aliphatic rings. The maximum Gasteiger partial charge on any atom is 0.0388 e. The lowest BCUT2D eigenvalue weighted by molar-refractivity contribution is 0.544. The molecular formula is C24H29N. The van der Waals surface area contributed by atoms with Crippen LogP contribution in [0.5, 0.6) is 0 Å². The van der Waals surface area contributed by atoms with Crippen LogP contribution in [0.25, 0.3) is 11.1 Å². The quantitative estimate of drug-likeness (QED) is 0.398. The molecule has 1 N–H and O–H groups in total. The van der Waals surface area contributed by atoms with E-state index in [0.29, 0.717) is 0 Å². The summed E-state index contributed by atoms with van der Waals surface area (Å²) >= 11 is 0. The fourth-order valence-electron chi connectivity index (χ4n) is 4.31. The number of hydrogen-bond donors (Lipinski definition) is 1. The lowest BCUT2D eigenvalue weighted by Gasteiger charge is -2.32. The van der Waals surface area contributed by atoms with E-state index in [0.717, 1.165) is 19.4 Å². The van der Waals surface area contributed by atoms with E-state index in [1.807, 2.05) is 0 Å². The summed E-state index contributed by atoms with van der Waals surface area (Å²) in [4.78, 5) is 0. The molecule has 0 amide bonds. The van der Waals surface area contributed by atoms with Crippen molar-refractivity contribution in [3.63, 3.8) is 0 Å². The van der Waals surface area contributed by atoms with Gasteiger partial charge in [-0.3, -0.25) is 0 Å². The molecule has 0 aromatic heterocycles. The SMILES string of the molecule is C=CCC1(CC=C)c2ccccc2-c2cccc(NCCCCC)c21. The third kappa shape index (κ3) is 3.04. The zero-order valence-corrected chi connectivity index (χ0v) is 15.4. The maximum absolute atomic E-state index is 4.06. The van der Waals surface area contributed by atoms with Crippen LogP contribution >= 0.6 is 0 Å². The topological polar surface area (TPSA) is 12.0 Å². The Morgan fingerprint density at radius 1 is 0.920 bits per heavy atom. The van der Waals surface area contributed by atoms with E-state index in [1.165, 1.54) is 47.2 Å². The highest BCUT2D eigenvalue weighted by atomic mass is 14.9. The summed E-state index contributed by atoms with van der Waals surface area (Å²) in [5.41, 5.74) is 6.77. The Hall–Kier alpha value is -2.28. The molecule has 0 fully saturated rings. The number of rotatable bonds is 9. The molecule has 2 aromatic rings. The van der Waals surface area contributed by atoms with Crippen molar-refractivity contribution in [3.8, 4) is 11.1 Å². The Labute approximate surface area is 152 Å². The van der Waals surface area contributed by atoms with Crippen molar-refractivity contribution in [1.82, 2.24) is 0 Å². The predicted molar refractivity (Wildman–Crippen MR) is 110 cm³/mol. The Morgan fingerprint density at radius 3 is 2.36 bits per heavy atom. The lowest BCUT2D eigenvalue weighted by atomic mass is 9.72. The van der Waals surface area contributed by atoms with E-state index >= 15 is 0 Å². The Balaban J connectivity index is 2.11. The zero-order valence-electron chi connectivity index (χ0n) is 15.4. The van der Waals surface area contributed by atoms with Crippen LogP contribution in [0.4, 0.5) is 5.69 Å². The van der Waals surface area contributed by atoms with E-state index in [1.54, 1.807) is 0 Å². The van der Waals surface area contributed by atoms with Crippen LogP contribution in [0, 0.1) is 0 Å². The predicted octanol–water partition coefficient (Wildman–Crippen LogP) is 6.71. The van der Waals surface area contributed by atoms with Gasteiger partial charge in [-0.15, -0.1) is 13.2 Å². The Bertz CT molecular complexity index is 746. The number of fused-ring (bicyclic) bond motifs is 3. The molecule has 0 heterocycles. The van der Waals surface area contributed by atoms with Crippen molar-refractivity contribution < 1.29 is 0 Å². The summed E-state index contributed by atoms with van der Waals surface area (Å²) in [5, 5.41) is 3.72. The van der Waals surface area contributed by atoms with Gasteiger partial charge in [0.2, 0.25) is 0 Å². The van der Waals surface area contributed by atoms with Crippen LogP contribution < -0.4 is 5.32 Å². The molecule has 0 saturated heterocycles. The maximum atomic E-state index is 4.06. The molecule has 0 atom stereocenters. The molecule has 25 heavy (non-hydrogen) atoms. The number of benzene rings is 2. The lowest BCUT2D eigenvalue weighted by Crippen LogP contribution is -2.25. The van der Waals surface area contributed by atoms with E-state index in [9.17, 15) is 0 Å². The van der Waals surface area contributed by atoms with Crippen LogP contribution in [0.2, 0.25) is 0 Å². The molecule has 2 aromatic carbocycles. The average molecular weight is 332 g/mol. The Morgan fingerprint density at radius 2 is 1.64 bits per heavy atom. The van der Waals surface area contributed by atoms with Gasteiger partial charge in [0.1, 0.15) is 0 Å². The smallest absolute Gasteiger partial charge is 0.0388 e. The molecule has 1 nitrogen and oxygen atoms in total. The van der Waals surface area contributed by atoms with Gasteiger partial charge in [-0.25, -0.2) is 0 Å². The third-order valence-electron chi connectivity index (χ3n) is 5.36. The van der Waals surface area contributed by atoms with Crippen molar-refractivity contribution in [1.29, 1.82) is 0 Å². The number of hydrogen-bond acceptors (Lipinski definition) is 1. The zero-order chi connectivity index (χ0) is 17.7. The van der Waals surface area contributed by atoms with Crippen LogP contribution in [-0.4, -0.2) is 6.54 Å². The van der Waals surface area contributed by atoms with Gasteiger partial charge in [-0.1, -0.05) is 68.3 Å². The van der Waals surface area contributed by atoms with E-state index in [-0.39, 0.29) is 5.41 Å². The van der Waals surface area contributed by atoms with Crippen molar-refractivity contribution in [2.75, 3.05) is 11.9 Å². The van der Waals surface area contributed by atoms with Crippen LogP contribution in [0.3, 0.4) is 0 Å². The van der Waals surface area contributed by atoms with Crippen molar-refractivity contribution in [2.24, 2.45) is 0 Å². The van der Waals surface area contributed by atoms with Crippen LogP contribution in [0.1, 0.15) is 50.2 Å². The van der Waals surface area contributed by atoms with Crippen molar-refractivity contribution in [3.05, 3.63) is 78.9 Å². The van der Waals surface area contributed by atoms with E-state index in [2.05, 4.69) is 80.0 Å². The number of anilines is 1. The minimum Gasteiger partial charge on any atom is -0.385 e. The highest BCUT2D eigenvalue weighted by molar-refractivity contribution is 5.86. The van der Waals surface area contributed by atoms with Gasteiger partial charge in [0, 0.05) is 17.6 Å². The second-order valence-corrected chi connectivity index (χ2v) is 6.98. The monoisotopic (exact) mass is 331 g/mol.